The number of carbonyl (C=O) groups excluding carboxylic acids is 10. The Morgan fingerprint density at radius 1 is 0.438 bits per heavy atom. The van der Waals surface area contributed by atoms with Gasteiger partial charge < -0.3 is 76.9 Å². The maximum absolute atomic E-state index is 14.3. The van der Waals surface area contributed by atoms with E-state index in [2.05, 4.69) is 10.6 Å². The first-order valence-corrected chi connectivity index (χ1v) is 25.3. The van der Waals surface area contributed by atoms with Crippen molar-refractivity contribution < 1.29 is 114 Å². The van der Waals surface area contributed by atoms with Gasteiger partial charge in [0.1, 0.15) is 62.4 Å². The minimum atomic E-state index is -2.60. The summed E-state index contributed by atoms with van der Waals surface area (Å²) < 4.78 is 80.5. The summed E-state index contributed by atoms with van der Waals surface area (Å²) in [6, 6.07) is 11.1. The van der Waals surface area contributed by atoms with Crippen molar-refractivity contribution in [2.24, 2.45) is 0 Å². The smallest absolute Gasteiger partial charge is 0.338 e. The van der Waals surface area contributed by atoms with E-state index in [9.17, 15) is 47.9 Å². The highest BCUT2D eigenvalue weighted by Crippen LogP contribution is 2.39. The van der Waals surface area contributed by atoms with Gasteiger partial charge in [-0.25, -0.2) is 9.59 Å². The second-order valence-corrected chi connectivity index (χ2v) is 20.1. The first-order chi connectivity index (χ1) is 37.6. The summed E-state index contributed by atoms with van der Waals surface area (Å²) >= 11 is 18.1. The molecule has 0 radical (unpaired) electrons. The summed E-state index contributed by atoms with van der Waals surface area (Å²) in [5, 5.41) is 13.6. The molecule has 0 spiro atoms. The van der Waals surface area contributed by atoms with Crippen molar-refractivity contribution in [2.75, 3.05) is 19.8 Å². The second-order valence-electron chi connectivity index (χ2n) is 17.8. The highest BCUT2D eigenvalue weighted by Gasteiger charge is 2.60. The average molecular weight is 1190 g/mol. The quantitative estimate of drug-likeness (QED) is 0.0562. The highest BCUT2D eigenvalue weighted by atomic mass is 35.6. The first-order valence-electron chi connectivity index (χ1n) is 24.2. The largest absolute Gasteiger partial charge is 0.463 e. The van der Waals surface area contributed by atoms with Crippen LogP contribution in [0.2, 0.25) is 0 Å². The van der Waals surface area contributed by atoms with Crippen LogP contribution >= 0.6 is 34.8 Å². The molecule has 2 aromatic carbocycles. The number of esters is 8. The van der Waals surface area contributed by atoms with Gasteiger partial charge in [0.2, 0.25) is 30.1 Å². The minimum absolute atomic E-state index is 0.0748. The Morgan fingerprint density at radius 3 is 1.18 bits per heavy atom. The van der Waals surface area contributed by atoms with Crippen molar-refractivity contribution >= 4 is 100 Å². The molecule has 3 heterocycles. The van der Waals surface area contributed by atoms with Crippen molar-refractivity contribution in [3.63, 3.8) is 0 Å². The third-order valence-corrected chi connectivity index (χ3v) is 12.0. The molecule has 3 aliphatic rings. The lowest BCUT2D eigenvalue weighted by molar-refractivity contribution is -0.355. The molecule has 80 heavy (non-hydrogen) atoms. The van der Waals surface area contributed by atoms with E-state index in [1.807, 2.05) is 0 Å². The number of ether oxygens (including phenoxy) is 14. The van der Waals surface area contributed by atoms with Gasteiger partial charge in [0.15, 0.2) is 37.0 Å². The van der Waals surface area contributed by atoms with Crippen LogP contribution in [0.1, 0.15) is 76.1 Å². The summed E-state index contributed by atoms with van der Waals surface area (Å²) in [6.45, 7) is 5.84. The Labute approximate surface area is 471 Å². The molecule has 3 N–H and O–H groups in total. The summed E-state index contributed by atoms with van der Waals surface area (Å²) in [5.41, 5.74) is -0.163. The van der Waals surface area contributed by atoms with E-state index >= 15 is 0 Å². The number of hydrogen-bond acceptors (Lipinski definition) is 25. The van der Waals surface area contributed by atoms with Crippen LogP contribution < -0.4 is 10.6 Å². The number of benzene rings is 2. The molecule has 0 bridgehead atoms. The van der Waals surface area contributed by atoms with E-state index in [-0.39, 0.29) is 11.1 Å². The van der Waals surface area contributed by atoms with Crippen LogP contribution in [-0.4, -0.2) is 181 Å². The number of halogens is 3. The Bertz CT molecular complexity index is 2570. The summed E-state index contributed by atoms with van der Waals surface area (Å²) in [5.74, 6) is -10.6. The van der Waals surface area contributed by atoms with E-state index in [0.29, 0.717) is 0 Å². The van der Waals surface area contributed by atoms with Gasteiger partial charge in [-0.05, 0) is 24.3 Å². The molecule has 27 nitrogen and oxygen atoms in total. The third-order valence-electron chi connectivity index (χ3n) is 11.5. The Hall–Kier alpha value is -6.72. The molecule has 0 aliphatic carbocycles. The Morgan fingerprint density at radius 2 is 0.787 bits per heavy atom. The molecule has 3 fully saturated rings. The minimum Gasteiger partial charge on any atom is -0.463 e. The van der Waals surface area contributed by atoms with Crippen LogP contribution in [0.3, 0.4) is 0 Å². The molecule has 3 saturated heterocycles. The molecule has 3 aliphatic heterocycles. The average Bonchev–Trinajstić information content (AvgIpc) is 3.47. The van der Waals surface area contributed by atoms with Gasteiger partial charge in [-0.2, -0.15) is 0 Å². The molecule has 0 saturated carbocycles. The predicted octanol–water partition coefficient (Wildman–Crippen LogP) is 2.24. The van der Waals surface area contributed by atoms with Gasteiger partial charge in [0.05, 0.1) is 11.1 Å². The molecule has 5 rings (SSSR count). The molecule has 438 valence electrons. The number of hydrogen-bond donors (Lipinski definition) is 3. The third kappa shape index (κ3) is 18.4. The zero-order valence-electron chi connectivity index (χ0n) is 44.0. The maximum Gasteiger partial charge on any atom is 0.338 e. The molecule has 2 aromatic rings. The van der Waals surface area contributed by atoms with E-state index < -0.39 is 181 Å². The van der Waals surface area contributed by atoms with Gasteiger partial charge in [-0.1, -0.05) is 71.2 Å². The van der Waals surface area contributed by atoms with Crippen LogP contribution in [0.25, 0.3) is 0 Å². The zero-order valence-corrected chi connectivity index (χ0v) is 46.3. The van der Waals surface area contributed by atoms with Crippen LogP contribution in [0, 0.1) is 5.41 Å². The van der Waals surface area contributed by atoms with Crippen molar-refractivity contribution in [3.05, 3.63) is 71.8 Å². The fourth-order valence-electron chi connectivity index (χ4n) is 8.40. The fourth-order valence-corrected chi connectivity index (χ4v) is 8.53. The van der Waals surface area contributed by atoms with Crippen LogP contribution in [-0.2, 0) is 105 Å². The zero-order chi connectivity index (χ0) is 59.2. The Kier molecular flexibility index (Phi) is 23.3. The van der Waals surface area contributed by atoms with Gasteiger partial charge in [-0.15, -0.1) is 0 Å². The maximum atomic E-state index is 14.3. The molecular weight excluding hydrogens is 1130 g/mol. The first kappa shape index (κ1) is 64.1. The van der Waals surface area contributed by atoms with Gasteiger partial charge >= 0.3 is 47.8 Å². The van der Waals surface area contributed by atoms with Gasteiger partial charge in [0.25, 0.3) is 3.79 Å². The Balaban J connectivity index is 1.77. The van der Waals surface area contributed by atoms with Crippen molar-refractivity contribution in [1.82, 2.24) is 10.6 Å². The normalized spacial score (nSPS) is 28.2. The number of amides is 2. The number of alkyl halides is 3. The lowest BCUT2D eigenvalue weighted by atomic mass is 9.93. The molecule has 15 atom stereocenters. The fraction of sp³-hybridized carbons (Fsp3) is 0.540. The lowest BCUT2D eigenvalue weighted by Gasteiger charge is -2.51. The summed E-state index contributed by atoms with van der Waals surface area (Å²) in [7, 11) is 0. The van der Waals surface area contributed by atoms with Crippen LogP contribution in [0.4, 0.5) is 0 Å². The second kappa shape index (κ2) is 29.1. The predicted molar refractivity (Wildman–Crippen MR) is 268 cm³/mol. The standard InChI is InChI=1S/C50H58Cl3N3O24/c1-22(57)55-35-40(72-29(8)64)37(70-27(6)62)32(19-67-24(3)59)74-47(35)79-41-36(56-23(2)58)46(73-33(20-68-25(4)60)38(41)71-28(7)63)78-39-34(21-69-26(5)61)75-48(80-49(54)50(51,52)53)43(77-45(66)31-17-13-10-14-18-31)42(39)76-44(65)30-15-11-9-12-16-30/h9-18,32-43,46-48,54H,19-21H2,1-8H3,(H,55,57)(H,56,58)/t32-,33-,34-,35-,36-,37-,38+,39-,40-,41-,42+,43-,46+,47+,48-/m1/s1. The molecule has 0 aromatic heterocycles. The van der Waals surface area contributed by atoms with Crippen LogP contribution in [0.5, 0.6) is 0 Å². The summed E-state index contributed by atoms with van der Waals surface area (Å²) in [6.07, 6.45) is -24.4. The van der Waals surface area contributed by atoms with E-state index in [0.717, 1.165) is 55.4 Å². The number of carbonyl (C=O) groups is 10. The lowest BCUT2D eigenvalue weighted by Crippen LogP contribution is -2.72. The van der Waals surface area contributed by atoms with E-state index in [1.54, 1.807) is 12.1 Å². The molecule has 2 amide bonds. The number of nitrogens with one attached hydrogen (secondary N) is 3. The van der Waals surface area contributed by atoms with Crippen LogP contribution in [0.15, 0.2) is 60.7 Å². The van der Waals surface area contributed by atoms with E-state index in [4.69, 9.17) is 107 Å². The highest BCUT2D eigenvalue weighted by molar-refractivity contribution is 6.76. The van der Waals surface area contributed by atoms with Crippen molar-refractivity contribution in [3.8, 4) is 0 Å². The van der Waals surface area contributed by atoms with Crippen molar-refractivity contribution in [2.45, 2.75) is 151 Å². The monoisotopic (exact) mass is 1190 g/mol. The van der Waals surface area contributed by atoms with Crippen molar-refractivity contribution in [1.29, 1.82) is 5.41 Å². The van der Waals surface area contributed by atoms with Gasteiger partial charge in [0, 0.05) is 55.4 Å². The van der Waals surface area contributed by atoms with E-state index in [1.165, 1.54) is 48.5 Å². The SMILES string of the molecule is CC(=O)N[C@H]1[C@H](O[C@H]2[C@H](OC(=O)c3ccccc3)[C@@H](OC(=O)c3ccccc3)[C@@H](OC(=N)C(Cl)(Cl)Cl)O[C@@H]2COC(C)=O)O[C@H](COC(C)=O)[C@H](OC(C)=O)[C@@H]1O[C@@H]1O[C@H](COC(C)=O)[C@@H](OC(C)=O)[C@H](OC(C)=O)[C@H]1NC(C)=O. The summed E-state index contributed by atoms with van der Waals surface area (Å²) in [4.78, 5) is 131. The molecule has 0 unspecified atom stereocenters. The molecule has 30 heteroatoms. The topological polar surface area (TPSA) is 348 Å². The number of rotatable bonds is 20. The molecular formula is C50H58Cl3N3O24. The van der Waals surface area contributed by atoms with Gasteiger partial charge in [-0.3, -0.25) is 43.8 Å².